The molecule has 0 aromatic heterocycles. The number of ether oxygens (including phenoxy) is 1. The molecule has 0 bridgehead atoms. The van der Waals surface area contributed by atoms with E-state index in [2.05, 4.69) is 31.1 Å². The van der Waals surface area contributed by atoms with Crippen molar-refractivity contribution < 1.29 is 9.53 Å². The van der Waals surface area contributed by atoms with Crippen LogP contribution >= 0.6 is 0 Å². The van der Waals surface area contributed by atoms with E-state index < -0.39 is 5.41 Å². The van der Waals surface area contributed by atoms with Crippen LogP contribution < -0.4 is 0 Å². The van der Waals surface area contributed by atoms with Crippen LogP contribution in [0, 0.1) is 0 Å². The predicted molar refractivity (Wildman–Crippen MR) is 91.3 cm³/mol. The Kier molecular flexibility index (Phi) is 4.22. The number of rotatable bonds is 3. The van der Waals surface area contributed by atoms with Gasteiger partial charge in [0.15, 0.2) is 0 Å². The quantitative estimate of drug-likeness (QED) is 0.812. The van der Waals surface area contributed by atoms with Crippen LogP contribution in [0.1, 0.15) is 35.6 Å². The normalized spacial score (nSPS) is 23.4. The van der Waals surface area contributed by atoms with Crippen LogP contribution in [0.3, 0.4) is 0 Å². The molecule has 0 heterocycles. The Labute approximate surface area is 137 Å². The van der Waals surface area contributed by atoms with Crippen LogP contribution in [0.2, 0.25) is 0 Å². The second-order valence-electron chi connectivity index (χ2n) is 6.37. The van der Waals surface area contributed by atoms with E-state index in [1.54, 1.807) is 0 Å². The van der Waals surface area contributed by atoms with E-state index in [1.165, 1.54) is 12.7 Å². The van der Waals surface area contributed by atoms with Crippen molar-refractivity contribution in [1.29, 1.82) is 0 Å². The van der Waals surface area contributed by atoms with Gasteiger partial charge in [-0.25, -0.2) is 0 Å². The van der Waals surface area contributed by atoms with Crippen molar-refractivity contribution >= 4 is 5.97 Å². The summed E-state index contributed by atoms with van der Waals surface area (Å²) < 4.78 is 5.25. The fraction of sp³-hybridized carbons (Fsp3) is 0.350. The minimum absolute atomic E-state index is 0.173. The van der Waals surface area contributed by atoms with Gasteiger partial charge in [0.05, 0.1) is 7.11 Å². The summed E-state index contributed by atoms with van der Waals surface area (Å²) in [6, 6.07) is 18.6. The molecule has 2 atom stereocenters. The minimum atomic E-state index is -0.709. The number of methoxy groups -OCH3 is 1. The summed E-state index contributed by atoms with van der Waals surface area (Å²) in [6.07, 6.45) is 1.68. The molecule has 3 nitrogen and oxygen atoms in total. The standard InChI is InChI=1S/C20H23NO2/c1-21(2)18-13-14-20(19(22)23-3,15-9-5-4-6-10-15)17-12-8-7-11-16(17)18/h4-12,18H,13-14H2,1-3H3/t18-,20-/m1/s1. The molecular weight excluding hydrogens is 286 g/mol. The highest BCUT2D eigenvalue weighted by molar-refractivity contribution is 5.88. The van der Waals surface area contributed by atoms with Gasteiger partial charge in [-0.05, 0) is 43.6 Å². The Morgan fingerprint density at radius 3 is 2.39 bits per heavy atom. The molecule has 0 saturated heterocycles. The predicted octanol–water partition coefficient (Wildman–Crippen LogP) is 3.54. The first-order chi connectivity index (χ1) is 11.1. The third-order valence-corrected chi connectivity index (χ3v) is 5.00. The Bertz CT molecular complexity index is 696. The fourth-order valence-corrected chi connectivity index (χ4v) is 3.88. The van der Waals surface area contributed by atoms with Crippen molar-refractivity contribution in [2.45, 2.75) is 24.3 Å². The first-order valence-corrected chi connectivity index (χ1v) is 8.01. The van der Waals surface area contributed by atoms with E-state index in [4.69, 9.17) is 4.74 Å². The summed E-state index contributed by atoms with van der Waals surface area (Å²) in [4.78, 5) is 15.1. The summed E-state index contributed by atoms with van der Waals surface area (Å²) >= 11 is 0. The number of esters is 1. The molecule has 1 aliphatic rings. The number of hydrogen-bond donors (Lipinski definition) is 0. The molecule has 0 N–H and O–H groups in total. The Balaban J connectivity index is 2.25. The average molecular weight is 309 g/mol. The highest BCUT2D eigenvalue weighted by Gasteiger charge is 2.48. The number of benzene rings is 2. The molecule has 23 heavy (non-hydrogen) atoms. The first-order valence-electron chi connectivity index (χ1n) is 8.01. The summed E-state index contributed by atoms with van der Waals surface area (Å²) in [7, 11) is 5.66. The number of fused-ring (bicyclic) bond motifs is 1. The van der Waals surface area contributed by atoms with Gasteiger partial charge in [0.2, 0.25) is 0 Å². The zero-order chi connectivity index (χ0) is 16.4. The van der Waals surface area contributed by atoms with Crippen LogP contribution in [0.4, 0.5) is 0 Å². The number of carbonyl (C=O) groups excluding carboxylic acids is 1. The van der Waals surface area contributed by atoms with Crippen molar-refractivity contribution in [3.05, 3.63) is 71.3 Å². The SMILES string of the molecule is COC(=O)[C@@]1(c2ccccc2)CC[C@@H](N(C)C)c2ccccc21. The molecule has 0 unspecified atom stereocenters. The van der Waals surface area contributed by atoms with Crippen LogP contribution in [0.5, 0.6) is 0 Å². The molecule has 3 heteroatoms. The van der Waals surface area contributed by atoms with Gasteiger partial charge in [0, 0.05) is 6.04 Å². The molecule has 0 spiro atoms. The molecule has 2 aromatic rings. The lowest BCUT2D eigenvalue weighted by Crippen LogP contribution is -2.43. The van der Waals surface area contributed by atoms with E-state index >= 15 is 0 Å². The van der Waals surface area contributed by atoms with Gasteiger partial charge < -0.3 is 9.64 Å². The van der Waals surface area contributed by atoms with Crippen LogP contribution in [-0.4, -0.2) is 32.1 Å². The minimum Gasteiger partial charge on any atom is -0.468 e. The maximum atomic E-state index is 12.9. The zero-order valence-corrected chi connectivity index (χ0v) is 14.0. The van der Waals surface area contributed by atoms with Crippen LogP contribution in [0.15, 0.2) is 54.6 Å². The van der Waals surface area contributed by atoms with E-state index in [-0.39, 0.29) is 5.97 Å². The average Bonchev–Trinajstić information content (AvgIpc) is 2.60. The maximum absolute atomic E-state index is 12.9. The van der Waals surface area contributed by atoms with Crippen molar-refractivity contribution in [3.63, 3.8) is 0 Å². The molecule has 0 fully saturated rings. The molecule has 0 aliphatic heterocycles. The molecule has 3 rings (SSSR count). The largest absolute Gasteiger partial charge is 0.468 e. The summed E-state index contributed by atoms with van der Waals surface area (Å²) in [5, 5.41) is 0. The van der Waals surface area contributed by atoms with Crippen LogP contribution in [-0.2, 0) is 14.9 Å². The maximum Gasteiger partial charge on any atom is 0.320 e. The van der Waals surface area contributed by atoms with Gasteiger partial charge in [-0.15, -0.1) is 0 Å². The fourth-order valence-electron chi connectivity index (χ4n) is 3.88. The molecule has 2 aromatic carbocycles. The van der Waals surface area contributed by atoms with E-state index in [1.807, 2.05) is 42.5 Å². The van der Waals surface area contributed by atoms with E-state index in [0.717, 1.165) is 24.0 Å². The van der Waals surface area contributed by atoms with E-state index in [0.29, 0.717) is 6.04 Å². The van der Waals surface area contributed by atoms with Crippen molar-refractivity contribution in [3.8, 4) is 0 Å². The molecule has 0 saturated carbocycles. The van der Waals surface area contributed by atoms with Crippen LogP contribution in [0.25, 0.3) is 0 Å². The molecule has 120 valence electrons. The van der Waals surface area contributed by atoms with Gasteiger partial charge in [-0.2, -0.15) is 0 Å². The third kappa shape index (κ3) is 2.45. The number of hydrogen-bond acceptors (Lipinski definition) is 3. The highest BCUT2D eigenvalue weighted by Crippen LogP contribution is 2.48. The Hall–Kier alpha value is -2.13. The zero-order valence-electron chi connectivity index (χ0n) is 14.0. The highest BCUT2D eigenvalue weighted by atomic mass is 16.5. The van der Waals surface area contributed by atoms with Gasteiger partial charge >= 0.3 is 5.97 Å². The lowest BCUT2D eigenvalue weighted by molar-refractivity contribution is -0.146. The Morgan fingerprint density at radius 1 is 1.09 bits per heavy atom. The van der Waals surface area contributed by atoms with Crippen molar-refractivity contribution in [2.24, 2.45) is 0 Å². The van der Waals surface area contributed by atoms with Crippen molar-refractivity contribution in [2.75, 3.05) is 21.2 Å². The monoisotopic (exact) mass is 309 g/mol. The second kappa shape index (κ2) is 6.17. The van der Waals surface area contributed by atoms with Crippen molar-refractivity contribution in [1.82, 2.24) is 4.90 Å². The van der Waals surface area contributed by atoms with Gasteiger partial charge in [-0.3, -0.25) is 4.79 Å². The Morgan fingerprint density at radius 2 is 1.74 bits per heavy atom. The van der Waals surface area contributed by atoms with Gasteiger partial charge in [0.25, 0.3) is 0 Å². The smallest absolute Gasteiger partial charge is 0.320 e. The van der Waals surface area contributed by atoms with E-state index in [9.17, 15) is 4.79 Å². The lowest BCUT2D eigenvalue weighted by atomic mass is 9.64. The first kappa shape index (κ1) is 15.8. The molecule has 1 aliphatic carbocycles. The van der Waals surface area contributed by atoms with Gasteiger partial charge in [-0.1, -0.05) is 54.6 Å². The topological polar surface area (TPSA) is 29.5 Å². The second-order valence-corrected chi connectivity index (χ2v) is 6.37. The van der Waals surface area contributed by atoms with Gasteiger partial charge in [0.1, 0.15) is 5.41 Å². The third-order valence-electron chi connectivity index (χ3n) is 5.00. The molecule has 0 radical (unpaired) electrons. The number of nitrogens with zero attached hydrogens (tertiary/aromatic N) is 1. The summed E-state index contributed by atoms with van der Waals surface area (Å²) in [5.74, 6) is -0.173. The summed E-state index contributed by atoms with van der Waals surface area (Å²) in [6.45, 7) is 0. The molecular formula is C20H23NO2. The number of carbonyl (C=O) groups is 1. The summed E-state index contributed by atoms with van der Waals surface area (Å²) in [5.41, 5.74) is 2.59. The molecule has 0 amide bonds. The lowest BCUT2D eigenvalue weighted by Gasteiger charge is -2.42.